The minimum absolute atomic E-state index is 0.183. The normalized spacial score (nSPS) is 10.7. The van der Waals surface area contributed by atoms with E-state index in [2.05, 4.69) is 21.2 Å². The highest BCUT2D eigenvalue weighted by molar-refractivity contribution is 6.40. The lowest BCUT2D eigenvalue weighted by Crippen LogP contribution is -2.33. The number of carbonyl (C=O) groups is 3. The van der Waals surface area contributed by atoms with E-state index in [1.165, 1.54) is 6.21 Å². The molecule has 1 heterocycles. The van der Waals surface area contributed by atoms with Crippen LogP contribution in [0.15, 0.2) is 114 Å². The Morgan fingerprint density at radius 3 is 2.33 bits per heavy atom. The number of benzene rings is 4. The number of nitrogens with one attached hydrogen (secondary N) is 3. The van der Waals surface area contributed by atoms with Crippen LogP contribution in [0.5, 0.6) is 5.75 Å². The van der Waals surface area contributed by atoms with Crippen LogP contribution in [0.25, 0.3) is 16.9 Å². The molecule has 10 heteroatoms. The maximum absolute atomic E-state index is 12.9. The summed E-state index contributed by atoms with van der Waals surface area (Å²) in [6, 6.07) is 30.7. The predicted octanol–water partition coefficient (Wildman–Crippen LogP) is 5.20. The fraction of sp³-hybridized carbons (Fsp3) is 0.0606. The molecule has 5 rings (SSSR count). The molecule has 0 fully saturated rings. The van der Waals surface area contributed by atoms with Crippen LogP contribution in [-0.2, 0) is 9.59 Å². The SMILES string of the molecule is COc1ccc(-c2nn(-c3ccccc3)cc2/C=N/NC(=O)C(=O)Nc2ccccc2C(=O)Nc2cccc(C)c2)cc1. The maximum atomic E-state index is 12.9. The van der Waals surface area contributed by atoms with Crippen molar-refractivity contribution in [2.75, 3.05) is 17.7 Å². The van der Waals surface area contributed by atoms with E-state index in [1.54, 1.807) is 48.3 Å². The van der Waals surface area contributed by atoms with E-state index < -0.39 is 17.7 Å². The quantitative estimate of drug-likeness (QED) is 0.134. The summed E-state index contributed by atoms with van der Waals surface area (Å²) in [4.78, 5) is 38.3. The van der Waals surface area contributed by atoms with Crippen molar-refractivity contribution in [1.29, 1.82) is 0 Å². The third-order valence-electron chi connectivity index (χ3n) is 6.40. The molecule has 43 heavy (non-hydrogen) atoms. The summed E-state index contributed by atoms with van der Waals surface area (Å²) in [6.07, 6.45) is 3.19. The molecule has 0 aliphatic carbocycles. The number of methoxy groups -OCH3 is 1. The summed E-state index contributed by atoms with van der Waals surface area (Å²) in [5.74, 6) is -1.72. The number of rotatable bonds is 8. The molecular weight excluding hydrogens is 544 g/mol. The molecule has 3 N–H and O–H groups in total. The van der Waals surface area contributed by atoms with Gasteiger partial charge in [0.1, 0.15) is 11.4 Å². The second kappa shape index (κ2) is 13.1. The molecule has 0 radical (unpaired) electrons. The van der Waals surface area contributed by atoms with Crippen LogP contribution in [0.2, 0.25) is 0 Å². The van der Waals surface area contributed by atoms with E-state index in [-0.39, 0.29) is 11.3 Å². The zero-order valence-corrected chi connectivity index (χ0v) is 23.4. The van der Waals surface area contributed by atoms with Crippen LogP contribution >= 0.6 is 0 Å². The van der Waals surface area contributed by atoms with Gasteiger partial charge in [0, 0.05) is 23.0 Å². The van der Waals surface area contributed by atoms with Gasteiger partial charge in [0.25, 0.3) is 5.91 Å². The van der Waals surface area contributed by atoms with E-state index in [9.17, 15) is 14.4 Å². The number of amides is 3. The molecule has 214 valence electrons. The second-order valence-electron chi connectivity index (χ2n) is 9.46. The highest BCUT2D eigenvalue weighted by Crippen LogP contribution is 2.25. The number of hydrogen-bond acceptors (Lipinski definition) is 6. The Hall–Kier alpha value is -6.03. The van der Waals surface area contributed by atoms with Crippen molar-refractivity contribution in [3.63, 3.8) is 0 Å². The third kappa shape index (κ3) is 7.01. The molecule has 0 saturated heterocycles. The molecule has 0 saturated carbocycles. The van der Waals surface area contributed by atoms with Crippen molar-refractivity contribution < 1.29 is 19.1 Å². The Morgan fingerprint density at radius 2 is 1.58 bits per heavy atom. The second-order valence-corrected chi connectivity index (χ2v) is 9.46. The molecule has 10 nitrogen and oxygen atoms in total. The third-order valence-corrected chi connectivity index (χ3v) is 6.40. The van der Waals surface area contributed by atoms with Gasteiger partial charge in [0.2, 0.25) is 0 Å². The van der Waals surface area contributed by atoms with E-state index in [0.29, 0.717) is 22.7 Å². The summed E-state index contributed by atoms with van der Waals surface area (Å²) < 4.78 is 6.96. The van der Waals surface area contributed by atoms with E-state index >= 15 is 0 Å². The van der Waals surface area contributed by atoms with Crippen molar-refractivity contribution in [2.24, 2.45) is 5.10 Å². The Balaban J connectivity index is 1.30. The Kier molecular flexibility index (Phi) is 8.67. The van der Waals surface area contributed by atoms with Crippen LogP contribution in [0.4, 0.5) is 11.4 Å². The number of nitrogens with zero attached hydrogens (tertiary/aromatic N) is 3. The van der Waals surface area contributed by atoms with Gasteiger partial charge in [-0.1, -0.05) is 42.5 Å². The maximum Gasteiger partial charge on any atom is 0.329 e. The summed E-state index contributed by atoms with van der Waals surface area (Å²) >= 11 is 0. The lowest BCUT2D eigenvalue weighted by molar-refractivity contribution is -0.136. The van der Waals surface area contributed by atoms with Crippen molar-refractivity contribution in [2.45, 2.75) is 6.92 Å². The zero-order valence-electron chi connectivity index (χ0n) is 23.4. The number of anilines is 2. The molecule has 0 unspecified atom stereocenters. The van der Waals surface area contributed by atoms with Gasteiger partial charge in [-0.15, -0.1) is 0 Å². The number of aryl methyl sites for hydroxylation is 1. The predicted molar refractivity (Wildman–Crippen MR) is 165 cm³/mol. The van der Waals surface area contributed by atoms with Crippen LogP contribution in [0.1, 0.15) is 21.5 Å². The Morgan fingerprint density at radius 1 is 0.837 bits per heavy atom. The van der Waals surface area contributed by atoms with Gasteiger partial charge in [-0.3, -0.25) is 14.4 Å². The average molecular weight is 573 g/mol. The molecule has 0 aliphatic heterocycles. The lowest BCUT2D eigenvalue weighted by Gasteiger charge is -2.11. The number of ether oxygens (including phenoxy) is 1. The zero-order chi connectivity index (χ0) is 30.2. The van der Waals surface area contributed by atoms with Gasteiger partial charge in [-0.05, 0) is 73.2 Å². The highest BCUT2D eigenvalue weighted by atomic mass is 16.5. The van der Waals surface area contributed by atoms with Gasteiger partial charge in [0.05, 0.1) is 30.3 Å². The topological polar surface area (TPSA) is 127 Å². The molecule has 4 aromatic carbocycles. The fourth-order valence-corrected chi connectivity index (χ4v) is 4.27. The van der Waals surface area contributed by atoms with E-state index in [4.69, 9.17) is 9.84 Å². The van der Waals surface area contributed by atoms with Gasteiger partial charge in [-0.25, -0.2) is 10.1 Å². The number of hydrazone groups is 1. The van der Waals surface area contributed by atoms with E-state index in [1.807, 2.05) is 79.7 Å². The number of aromatic nitrogens is 2. The van der Waals surface area contributed by atoms with Gasteiger partial charge in [-0.2, -0.15) is 10.2 Å². The van der Waals surface area contributed by atoms with Crippen LogP contribution in [-0.4, -0.2) is 40.8 Å². The minimum atomic E-state index is -1.01. The standard InChI is InChI=1S/C33H28N6O4/c1-22-9-8-10-25(19-22)35-31(40)28-13-6-7-14-29(28)36-32(41)33(42)37-34-20-24-21-39(26-11-4-3-5-12-26)38-30(24)23-15-17-27(43-2)18-16-23/h3-21H,1-2H3,(H,35,40)(H,36,41)(H,37,42)/b34-20+. The van der Waals surface area contributed by atoms with Crippen molar-refractivity contribution in [3.05, 3.63) is 126 Å². The largest absolute Gasteiger partial charge is 0.497 e. The first-order valence-corrected chi connectivity index (χ1v) is 13.3. The average Bonchev–Trinajstić information content (AvgIpc) is 3.46. The van der Waals surface area contributed by atoms with Crippen LogP contribution < -0.4 is 20.8 Å². The molecule has 0 bridgehead atoms. The molecule has 3 amide bonds. The number of para-hydroxylation sites is 2. The Bertz CT molecular complexity index is 1800. The molecule has 0 atom stereocenters. The van der Waals surface area contributed by atoms with Crippen LogP contribution in [0, 0.1) is 6.92 Å². The van der Waals surface area contributed by atoms with Gasteiger partial charge < -0.3 is 15.4 Å². The summed E-state index contributed by atoms with van der Waals surface area (Å²) in [6.45, 7) is 1.92. The lowest BCUT2D eigenvalue weighted by atomic mass is 10.1. The van der Waals surface area contributed by atoms with Crippen molar-refractivity contribution in [1.82, 2.24) is 15.2 Å². The molecular formula is C33H28N6O4. The van der Waals surface area contributed by atoms with E-state index in [0.717, 1.165) is 16.8 Å². The number of hydrogen-bond donors (Lipinski definition) is 3. The van der Waals surface area contributed by atoms with Crippen molar-refractivity contribution >= 4 is 35.3 Å². The monoisotopic (exact) mass is 572 g/mol. The minimum Gasteiger partial charge on any atom is -0.497 e. The highest BCUT2D eigenvalue weighted by Gasteiger charge is 2.18. The number of carbonyl (C=O) groups excluding carboxylic acids is 3. The summed E-state index contributed by atoms with van der Waals surface area (Å²) in [5, 5.41) is 14.0. The molecule has 1 aromatic heterocycles. The smallest absolute Gasteiger partial charge is 0.329 e. The molecule has 5 aromatic rings. The van der Waals surface area contributed by atoms with Gasteiger partial charge >= 0.3 is 11.8 Å². The summed E-state index contributed by atoms with van der Waals surface area (Å²) in [5.41, 5.74) is 7.10. The first-order valence-electron chi connectivity index (χ1n) is 13.3. The van der Waals surface area contributed by atoms with Crippen LogP contribution in [0.3, 0.4) is 0 Å². The van der Waals surface area contributed by atoms with Crippen molar-refractivity contribution in [3.8, 4) is 22.7 Å². The molecule has 0 spiro atoms. The first kappa shape index (κ1) is 28.5. The summed E-state index contributed by atoms with van der Waals surface area (Å²) in [7, 11) is 1.59. The van der Waals surface area contributed by atoms with Gasteiger partial charge in [0.15, 0.2) is 0 Å². The first-order chi connectivity index (χ1) is 20.9. The molecule has 0 aliphatic rings. The fourth-order valence-electron chi connectivity index (χ4n) is 4.27. The Labute approximate surface area is 248 Å².